The van der Waals surface area contributed by atoms with Gasteiger partial charge in [0, 0.05) is 24.5 Å². The van der Waals surface area contributed by atoms with Gasteiger partial charge < -0.3 is 5.32 Å². The van der Waals surface area contributed by atoms with Crippen LogP contribution in [0, 0.1) is 0 Å². The number of aromatic nitrogens is 1. The fourth-order valence-electron chi connectivity index (χ4n) is 1.55. The molecule has 1 fully saturated rings. The second-order valence-corrected chi connectivity index (χ2v) is 4.85. The van der Waals surface area contributed by atoms with Crippen LogP contribution in [0.1, 0.15) is 23.5 Å². The van der Waals surface area contributed by atoms with Crippen molar-refractivity contribution in [3.05, 3.63) is 16.1 Å². The second-order valence-electron chi connectivity index (χ2n) is 3.91. The molecule has 1 aliphatic carbocycles. The first kappa shape index (κ1) is 10.1. The first-order chi connectivity index (χ1) is 6.79. The van der Waals surface area contributed by atoms with Crippen molar-refractivity contribution >= 4 is 11.3 Å². The normalized spacial score (nSPS) is 16.5. The molecule has 1 aliphatic rings. The fourth-order valence-corrected chi connectivity index (χ4v) is 2.35. The highest BCUT2D eigenvalue weighted by Crippen LogP contribution is 2.26. The molecule has 0 bridgehead atoms. The minimum Gasteiger partial charge on any atom is -0.314 e. The van der Waals surface area contributed by atoms with E-state index in [1.807, 2.05) is 7.05 Å². The van der Waals surface area contributed by atoms with Crippen molar-refractivity contribution in [1.29, 1.82) is 0 Å². The lowest BCUT2D eigenvalue weighted by molar-refractivity contribution is 0.313. The molecule has 1 saturated carbocycles. The molecule has 4 heteroatoms. The molecule has 1 heterocycles. The smallest absolute Gasteiger partial charge is 0.107 e. The summed E-state index contributed by atoms with van der Waals surface area (Å²) in [6.45, 7) is 1.89. The zero-order valence-corrected chi connectivity index (χ0v) is 9.60. The quantitative estimate of drug-likeness (QED) is 0.799. The van der Waals surface area contributed by atoms with Crippen LogP contribution in [0.25, 0.3) is 0 Å². The van der Waals surface area contributed by atoms with Crippen molar-refractivity contribution in [3.8, 4) is 0 Å². The summed E-state index contributed by atoms with van der Waals surface area (Å²) < 4.78 is 0. The summed E-state index contributed by atoms with van der Waals surface area (Å²) in [4.78, 5) is 6.97. The lowest BCUT2D eigenvalue weighted by Crippen LogP contribution is -2.20. The Bertz CT molecular complexity index is 293. The third kappa shape index (κ3) is 2.53. The van der Waals surface area contributed by atoms with Crippen LogP contribution in [0.4, 0.5) is 0 Å². The van der Waals surface area contributed by atoms with Gasteiger partial charge in [0.25, 0.3) is 0 Å². The van der Waals surface area contributed by atoms with Crippen molar-refractivity contribution < 1.29 is 0 Å². The summed E-state index contributed by atoms with van der Waals surface area (Å²) in [5.74, 6) is 0. The van der Waals surface area contributed by atoms with Gasteiger partial charge >= 0.3 is 0 Å². The molecule has 0 spiro atoms. The molecule has 0 aliphatic heterocycles. The zero-order valence-electron chi connectivity index (χ0n) is 8.79. The van der Waals surface area contributed by atoms with Crippen molar-refractivity contribution in [2.45, 2.75) is 32.0 Å². The maximum absolute atomic E-state index is 4.56. The van der Waals surface area contributed by atoms with Crippen LogP contribution >= 0.6 is 11.3 Å². The number of hydrogen-bond acceptors (Lipinski definition) is 4. The van der Waals surface area contributed by atoms with Crippen LogP contribution in [0.15, 0.2) is 5.38 Å². The van der Waals surface area contributed by atoms with Gasteiger partial charge in [0.05, 0.1) is 5.69 Å². The van der Waals surface area contributed by atoms with E-state index in [4.69, 9.17) is 0 Å². The summed E-state index contributed by atoms with van der Waals surface area (Å²) in [5.41, 5.74) is 1.22. The van der Waals surface area contributed by atoms with E-state index in [1.165, 1.54) is 23.5 Å². The van der Waals surface area contributed by atoms with E-state index in [2.05, 4.69) is 27.6 Å². The van der Waals surface area contributed by atoms with E-state index in [-0.39, 0.29) is 0 Å². The molecule has 0 amide bonds. The van der Waals surface area contributed by atoms with Gasteiger partial charge in [-0.15, -0.1) is 11.3 Å². The molecule has 0 aromatic carbocycles. The van der Waals surface area contributed by atoms with E-state index in [0.29, 0.717) is 0 Å². The van der Waals surface area contributed by atoms with Crippen LogP contribution < -0.4 is 5.32 Å². The van der Waals surface area contributed by atoms with Crippen LogP contribution in [0.5, 0.6) is 0 Å². The highest BCUT2D eigenvalue weighted by molar-refractivity contribution is 7.09. The maximum Gasteiger partial charge on any atom is 0.107 e. The summed E-state index contributed by atoms with van der Waals surface area (Å²) in [7, 11) is 4.14. The maximum atomic E-state index is 4.56. The SMILES string of the molecule is CNCc1nc(CN(C)C2CC2)cs1. The van der Waals surface area contributed by atoms with Gasteiger partial charge in [-0.05, 0) is 26.9 Å². The molecule has 78 valence electrons. The highest BCUT2D eigenvalue weighted by atomic mass is 32.1. The Morgan fingerprint density at radius 1 is 1.64 bits per heavy atom. The molecule has 1 aromatic heterocycles. The predicted molar refractivity (Wildman–Crippen MR) is 59.4 cm³/mol. The minimum absolute atomic E-state index is 0.824. The Balaban J connectivity index is 1.88. The number of rotatable bonds is 5. The van der Waals surface area contributed by atoms with Crippen molar-refractivity contribution in [3.63, 3.8) is 0 Å². The van der Waals surface area contributed by atoms with E-state index < -0.39 is 0 Å². The first-order valence-corrected chi connectivity index (χ1v) is 5.95. The average molecular weight is 211 g/mol. The van der Waals surface area contributed by atoms with Gasteiger partial charge in [0.2, 0.25) is 0 Å². The molecule has 1 aromatic rings. The van der Waals surface area contributed by atoms with E-state index in [9.17, 15) is 0 Å². The Morgan fingerprint density at radius 3 is 3.07 bits per heavy atom. The minimum atomic E-state index is 0.824. The molecule has 0 atom stereocenters. The van der Waals surface area contributed by atoms with Gasteiger partial charge in [-0.25, -0.2) is 4.98 Å². The molecule has 0 saturated heterocycles. The lowest BCUT2D eigenvalue weighted by atomic mass is 10.4. The molecule has 1 N–H and O–H groups in total. The van der Waals surface area contributed by atoms with Crippen LogP contribution in [-0.4, -0.2) is 30.0 Å². The van der Waals surface area contributed by atoms with E-state index in [0.717, 1.165) is 19.1 Å². The largest absolute Gasteiger partial charge is 0.314 e. The lowest BCUT2D eigenvalue weighted by Gasteiger charge is -2.13. The third-order valence-electron chi connectivity index (χ3n) is 2.51. The summed E-state index contributed by atoms with van der Waals surface area (Å²) in [6.07, 6.45) is 2.73. The summed E-state index contributed by atoms with van der Waals surface area (Å²) >= 11 is 1.75. The van der Waals surface area contributed by atoms with E-state index in [1.54, 1.807) is 11.3 Å². The Morgan fingerprint density at radius 2 is 2.43 bits per heavy atom. The molecule has 0 radical (unpaired) electrons. The van der Waals surface area contributed by atoms with Crippen molar-refractivity contribution in [2.24, 2.45) is 0 Å². The molecular formula is C10H17N3S. The van der Waals surface area contributed by atoms with E-state index >= 15 is 0 Å². The monoisotopic (exact) mass is 211 g/mol. The van der Waals surface area contributed by atoms with Gasteiger partial charge in [0.15, 0.2) is 0 Å². The molecule has 14 heavy (non-hydrogen) atoms. The predicted octanol–water partition coefficient (Wildman–Crippen LogP) is 1.46. The molecule has 3 nitrogen and oxygen atoms in total. The average Bonchev–Trinajstić information content (AvgIpc) is 2.92. The Hall–Kier alpha value is -0.450. The highest BCUT2D eigenvalue weighted by Gasteiger charge is 2.26. The molecule has 0 unspecified atom stereocenters. The topological polar surface area (TPSA) is 28.2 Å². The van der Waals surface area contributed by atoms with Crippen LogP contribution in [0.2, 0.25) is 0 Å². The molecule has 2 rings (SSSR count). The van der Waals surface area contributed by atoms with Crippen LogP contribution in [0.3, 0.4) is 0 Å². The second kappa shape index (κ2) is 4.38. The van der Waals surface area contributed by atoms with Crippen molar-refractivity contribution in [2.75, 3.05) is 14.1 Å². The number of nitrogens with one attached hydrogen (secondary N) is 1. The first-order valence-electron chi connectivity index (χ1n) is 5.07. The third-order valence-corrected chi connectivity index (χ3v) is 3.41. The van der Waals surface area contributed by atoms with Gasteiger partial charge in [-0.2, -0.15) is 0 Å². The summed E-state index contributed by atoms with van der Waals surface area (Å²) in [6, 6.07) is 0.824. The van der Waals surface area contributed by atoms with Gasteiger partial charge in [0.1, 0.15) is 5.01 Å². The standard InChI is InChI=1S/C10H17N3S/c1-11-5-10-12-8(7-14-10)6-13(2)9-3-4-9/h7,9,11H,3-6H2,1-2H3. The van der Waals surface area contributed by atoms with Crippen LogP contribution in [-0.2, 0) is 13.1 Å². The van der Waals surface area contributed by atoms with Gasteiger partial charge in [-0.1, -0.05) is 0 Å². The van der Waals surface area contributed by atoms with Gasteiger partial charge in [-0.3, -0.25) is 4.90 Å². The summed E-state index contributed by atoms with van der Waals surface area (Å²) in [5, 5.41) is 6.48. The number of hydrogen-bond donors (Lipinski definition) is 1. The zero-order chi connectivity index (χ0) is 9.97. The Labute approximate surface area is 89.1 Å². The Kier molecular flexibility index (Phi) is 3.15. The van der Waals surface area contributed by atoms with Crippen molar-refractivity contribution in [1.82, 2.24) is 15.2 Å². The molecular weight excluding hydrogens is 194 g/mol. The fraction of sp³-hybridized carbons (Fsp3) is 0.700. The number of nitrogens with zero attached hydrogens (tertiary/aromatic N) is 2. The number of thiazole rings is 1.